The summed E-state index contributed by atoms with van der Waals surface area (Å²) in [5.41, 5.74) is 1.91. The maximum absolute atomic E-state index is 12.4. The molecule has 0 aliphatic carbocycles. The first-order chi connectivity index (χ1) is 12.2. The number of thioether (sulfide) groups is 1. The van der Waals surface area contributed by atoms with Crippen LogP contribution in [0.2, 0.25) is 0 Å². The molecular formula is C19H18N2O2S2. The molecule has 4 nitrogen and oxygen atoms in total. The van der Waals surface area contributed by atoms with Crippen molar-refractivity contribution >= 4 is 34.1 Å². The Kier molecular flexibility index (Phi) is 5.73. The third kappa shape index (κ3) is 4.61. The molecule has 1 aromatic heterocycles. The lowest BCUT2D eigenvalue weighted by Crippen LogP contribution is -2.22. The first-order valence-corrected chi connectivity index (χ1v) is 9.54. The van der Waals surface area contributed by atoms with Crippen LogP contribution in [0.4, 0.5) is 5.13 Å². The van der Waals surface area contributed by atoms with E-state index < -0.39 is 0 Å². The van der Waals surface area contributed by atoms with Crippen LogP contribution in [0.3, 0.4) is 0 Å². The Labute approximate surface area is 155 Å². The maximum atomic E-state index is 12.4. The molecule has 0 aliphatic rings. The largest absolute Gasteiger partial charge is 0.497 e. The third-order valence-corrected chi connectivity index (χ3v) is 5.42. The smallest absolute Gasteiger partial charge is 0.239 e. The van der Waals surface area contributed by atoms with Crippen molar-refractivity contribution < 1.29 is 9.53 Å². The van der Waals surface area contributed by atoms with Crippen LogP contribution < -0.4 is 10.1 Å². The molecule has 1 heterocycles. The van der Waals surface area contributed by atoms with Crippen molar-refractivity contribution in [3.05, 3.63) is 60.0 Å². The number of thiazole rings is 1. The number of anilines is 1. The van der Waals surface area contributed by atoms with Gasteiger partial charge in [-0.2, -0.15) is 0 Å². The van der Waals surface area contributed by atoms with Crippen LogP contribution in [0.5, 0.6) is 5.75 Å². The van der Waals surface area contributed by atoms with E-state index in [9.17, 15) is 4.79 Å². The lowest BCUT2D eigenvalue weighted by Gasteiger charge is -2.10. The van der Waals surface area contributed by atoms with E-state index >= 15 is 0 Å². The Morgan fingerprint density at radius 3 is 2.56 bits per heavy atom. The Bertz CT molecular complexity index is 832. The van der Waals surface area contributed by atoms with E-state index in [1.54, 1.807) is 7.11 Å². The lowest BCUT2D eigenvalue weighted by atomic mass is 10.2. The lowest BCUT2D eigenvalue weighted by molar-refractivity contribution is -0.115. The van der Waals surface area contributed by atoms with Gasteiger partial charge in [0.15, 0.2) is 5.13 Å². The van der Waals surface area contributed by atoms with Gasteiger partial charge in [0.2, 0.25) is 5.91 Å². The van der Waals surface area contributed by atoms with E-state index in [1.165, 1.54) is 23.1 Å². The van der Waals surface area contributed by atoms with Crippen molar-refractivity contribution in [3.63, 3.8) is 0 Å². The molecule has 0 bridgehead atoms. The molecule has 6 heteroatoms. The van der Waals surface area contributed by atoms with Gasteiger partial charge in [-0.15, -0.1) is 23.1 Å². The van der Waals surface area contributed by atoms with Crippen LogP contribution in [0.1, 0.15) is 6.92 Å². The minimum atomic E-state index is -0.225. The molecule has 25 heavy (non-hydrogen) atoms. The number of carbonyl (C=O) groups is 1. The first kappa shape index (κ1) is 17.5. The number of hydrogen-bond acceptors (Lipinski definition) is 5. The zero-order chi connectivity index (χ0) is 17.6. The average Bonchev–Trinajstić information content (AvgIpc) is 3.11. The summed E-state index contributed by atoms with van der Waals surface area (Å²) in [5.74, 6) is 0.743. The minimum Gasteiger partial charge on any atom is -0.497 e. The van der Waals surface area contributed by atoms with Crippen LogP contribution in [0, 0.1) is 0 Å². The monoisotopic (exact) mass is 370 g/mol. The second-order valence-electron chi connectivity index (χ2n) is 5.33. The van der Waals surface area contributed by atoms with Crippen LogP contribution in [-0.4, -0.2) is 23.3 Å². The summed E-state index contributed by atoms with van der Waals surface area (Å²) in [4.78, 5) is 17.9. The molecule has 1 N–H and O–H groups in total. The summed E-state index contributed by atoms with van der Waals surface area (Å²) in [6.45, 7) is 1.88. The van der Waals surface area contributed by atoms with Crippen molar-refractivity contribution in [1.29, 1.82) is 0 Å². The molecular weight excluding hydrogens is 352 g/mol. The molecule has 0 fully saturated rings. The van der Waals surface area contributed by atoms with Gasteiger partial charge in [0.25, 0.3) is 0 Å². The van der Waals surface area contributed by atoms with Gasteiger partial charge in [0, 0.05) is 15.8 Å². The Morgan fingerprint density at radius 2 is 1.88 bits per heavy atom. The third-order valence-electron chi connectivity index (χ3n) is 3.55. The number of aromatic nitrogens is 1. The van der Waals surface area contributed by atoms with E-state index in [-0.39, 0.29) is 11.2 Å². The standard InChI is InChI=1S/C19H18N2O2S2/c1-13(25-16-10-8-15(23-2)9-11-16)18(22)21-19-20-17(12-24-19)14-6-4-3-5-7-14/h3-13H,1-2H3,(H,20,21,22)/t13-/m0/s1. The van der Waals surface area contributed by atoms with Gasteiger partial charge in [0.1, 0.15) is 5.75 Å². The molecule has 2 aromatic carbocycles. The molecule has 1 amide bonds. The highest BCUT2D eigenvalue weighted by molar-refractivity contribution is 8.00. The number of nitrogens with one attached hydrogen (secondary N) is 1. The quantitative estimate of drug-likeness (QED) is 0.625. The minimum absolute atomic E-state index is 0.0604. The van der Waals surface area contributed by atoms with Gasteiger partial charge >= 0.3 is 0 Å². The highest BCUT2D eigenvalue weighted by Crippen LogP contribution is 2.28. The number of amides is 1. The van der Waals surface area contributed by atoms with E-state index in [4.69, 9.17) is 4.74 Å². The number of methoxy groups -OCH3 is 1. The normalized spacial score (nSPS) is 11.8. The first-order valence-electron chi connectivity index (χ1n) is 7.78. The molecule has 3 aromatic rings. The fourth-order valence-corrected chi connectivity index (χ4v) is 3.78. The predicted molar refractivity (Wildman–Crippen MR) is 104 cm³/mol. The van der Waals surface area contributed by atoms with Crippen molar-refractivity contribution in [2.45, 2.75) is 17.1 Å². The predicted octanol–water partition coefficient (Wildman–Crippen LogP) is 4.94. The molecule has 1 atom stereocenters. The second-order valence-corrected chi connectivity index (χ2v) is 7.60. The summed E-state index contributed by atoms with van der Waals surface area (Å²) in [6.07, 6.45) is 0. The molecule has 0 radical (unpaired) electrons. The second kappa shape index (κ2) is 8.18. The van der Waals surface area contributed by atoms with Gasteiger partial charge in [0.05, 0.1) is 18.1 Å². The van der Waals surface area contributed by atoms with E-state index in [0.29, 0.717) is 5.13 Å². The van der Waals surface area contributed by atoms with E-state index in [1.807, 2.05) is 66.9 Å². The van der Waals surface area contributed by atoms with Crippen LogP contribution in [0.15, 0.2) is 64.9 Å². The number of carbonyl (C=O) groups excluding carboxylic acids is 1. The molecule has 0 saturated carbocycles. The molecule has 0 spiro atoms. The van der Waals surface area contributed by atoms with Gasteiger partial charge in [-0.3, -0.25) is 4.79 Å². The van der Waals surface area contributed by atoms with Crippen LogP contribution in [-0.2, 0) is 4.79 Å². The maximum Gasteiger partial charge on any atom is 0.239 e. The fraction of sp³-hybridized carbons (Fsp3) is 0.158. The Morgan fingerprint density at radius 1 is 1.16 bits per heavy atom. The zero-order valence-electron chi connectivity index (χ0n) is 13.9. The van der Waals surface area contributed by atoms with Crippen molar-refractivity contribution in [1.82, 2.24) is 4.98 Å². The van der Waals surface area contributed by atoms with Crippen LogP contribution >= 0.6 is 23.1 Å². The van der Waals surface area contributed by atoms with Gasteiger partial charge < -0.3 is 10.1 Å². The van der Waals surface area contributed by atoms with Crippen molar-refractivity contribution in [3.8, 4) is 17.0 Å². The molecule has 0 unspecified atom stereocenters. The topological polar surface area (TPSA) is 51.2 Å². The van der Waals surface area contributed by atoms with Crippen molar-refractivity contribution in [2.24, 2.45) is 0 Å². The summed E-state index contributed by atoms with van der Waals surface area (Å²) in [6, 6.07) is 17.6. The number of hydrogen-bond donors (Lipinski definition) is 1. The molecule has 0 aliphatic heterocycles. The molecule has 0 saturated heterocycles. The van der Waals surface area contributed by atoms with E-state index in [0.717, 1.165) is 21.9 Å². The van der Waals surface area contributed by atoms with Crippen LogP contribution in [0.25, 0.3) is 11.3 Å². The Balaban J connectivity index is 1.60. The highest BCUT2D eigenvalue weighted by Gasteiger charge is 2.16. The summed E-state index contributed by atoms with van der Waals surface area (Å²) in [5, 5.41) is 5.24. The number of nitrogens with zero attached hydrogens (tertiary/aromatic N) is 1. The number of ether oxygens (including phenoxy) is 1. The summed E-state index contributed by atoms with van der Waals surface area (Å²) >= 11 is 2.94. The average molecular weight is 370 g/mol. The van der Waals surface area contributed by atoms with Gasteiger partial charge in [-0.25, -0.2) is 4.98 Å². The number of benzene rings is 2. The molecule has 3 rings (SSSR count). The van der Waals surface area contributed by atoms with Crippen molar-refractivity contribution in [2.75, 3.05) is 12.4 Å². The van der Waals surface area contributed by atoms with E-state index in [2.05, 4.69) is 10.3 Å². The summed E-state index contributed by atoms with van der Waals surface area (Å²) in [7, 11) is 1.63. The number of rotatable bonds is 6. The van der Waals surface area contributed by atoms with Gasteiger partial charge in [-0.05, 0) is 31.2 Å². The highest BCUT2D eigenvalue weighted by atomic mass is 32.2. The Hall–Kier alpha value is -2.31. The molecule has 128 valence electrons. The SMILES string of the molecule is COc1ccc(S[C@@H](C)C(=O)Nc2nc(-c3ccccc3)cs2)cc1. The zero-order valence-corrected chi connectivity index (χ0v) is 15.6. The van der Waals surface area contributed by atoms with Gasteiger partial charge in [-0.1, -0.05) is 30.3 Å². The summed E-state index contributed by atoms with van der Waals surface area (Å²) < 4.78 is 5.14. The fourth-order valence-electron chi connectivity index (χ4n) is 2.19.